The van der Waals surface area contributed by atoms with Gasteiger partial charge in [0.25, 0.3) is 6.43 Å². The molecule has 0 radical (unpaired) electrons. The van der Waals surface area contributed by atoms with Crippen molar-refractivity contribution in [1.29, 1.82) is 5.26 Å². The van der Waals surface area contributed by atoms with Crippen LogP contribution >= 0.6 is 0 Å². The van der Waals surface area contributed by atoms with Crippen LogP contribution in [-0.2, 0) is 6.42 Å². The van der Waals surface area contributed by atoms with E-state index >= 15 is 0 Å². The minimum absolute atomic E-state index is 0.345. The van der Waals surface area contributed by atoms with Crippen molar-refractivity contribution in [1.82, 2.24) is 4.98 Å². The van der Waals surface area contributed by atoms with Crippen LogP contribution in [0.25, 0.3) is 0 Å². The van der Waals surface area contributed by atoms with Gasteiger partial charge in [-0.15, -0.1) is 0 Å². The van der Waals surface area contributed by atoms with Gasteiger partial charge < -0.3 is 5.73 Å². The van der Waals surface area contributed by atoms with E-state index in [4.69, 9.17) is 11.0 Å². The standard InChI is InChI=1S/C8H6F3N3/c9-7-4(13)3-6(8(10)11)14-5(7)1-2-12/h3,8H,1H2,(H2,13,14). The lowest BCUT2D eigenvalue weighted by Crippen LogP contribution is -2.04. The quantitative estimate of drug-likeness (QED) is 0.793. The largest absolute Gasteiger partial charge is 0.396 e. The molecule has 0 fully saturated rings. The number of anilines is 1. The molecule has 0 saturated carbocycles. The van der Waals surface area contributed by atoms with Gasteiger partial charge in [-0.25, -0.2) is 18.2 Å². The molecule has 0 aliphatic rings. The predicted octanol–water partition coefficient (Wildman–Crippen LogP) is 1.81. The first kappa shape index (κ1) is 10.3. The monoisotopic (exact) mass is 201 g/mol. The van der Waals surface area contributed by atoms with Crippen LogP contribution in [0.15, 0.2) is 6.07 Å². The number of halogens is 3. The molecule has 0 aliphatic heterocycles. The number of pyridine rings is 1. The second kappa shape index (κ2) is 3.96. The number of nitrogen functional groups attached to an aromatic ring is 1. The molecule has 0 atom stereocenters. The highest BCUT2D eigenvalue weighted by molar-refractivity contribution is 5.43. The molecule has 3 nitrogen and oxygen atoms in total. The second-order valence-corrected chi connectivity index (χ2v) is 2.53. The zero-order valence-corrected chi connectivity index (χ0v) is 6.97. The number of rotatable bonds is 2. The number of aromatic nitrogens is 1. The van der Waals surface area contributed by atoms with Crippen LogP contribution in [0.3, 0.4) is 0 Å². The van der Waals surface area contributed by atoms with Gasteiger partial charge in [-0.05, 0) is 6.07 Å². The van der Waals surface area contributed by atoms with E-state index in [-0.39, 0.29) is 12.1 Å². The van der Waals surface area contributed by atoms with Gasteiger partial charge in [-0.2, -0.15) is 5.26 Å². The van der Waals surface area contributed by atoms with Crippen molar-refractivity contribution in [3.8, 4) is 6.07 Å². The molecule has 1 rings (SSSR count). The van der Waals surface area contributed by atoms with Crippen LogP contribution in [0.1, 0.15) is 17.8 Å². The Kier molecular flexibility index (Phi) is 2.92. The minimum atomic E-state index is -2.82. The average Bonchev–Trinajstić information content (AvgIpc) is 2.12. The van der Waals surface area contributed by atoms with Crippen molar-refractivity contribution >= 4 is 5.69 Å². The van der Waals surface area contributed by atoms with Gasteiger partial charge in [0.1, 0.15) is 5.69 Å². The van der Waals surface area contributed by atoms with E-state index in [0.29, 0.717) is 0 Å². The molecule has 0 amide bonds. The molecular weight excluding hydrogens is 195 g/mol. The molecule has 74 valence electrons. The number of hydrogen-bond donors (Lipinski definition) is 1. The molecule has 14 heavy (non-hydrogen) atoms. The third-order valence-corrected chi connectivity index (χ3v) is 1.54. The highest BCUT2D eigenvalue weighted by atomic mass is 19.3. The van der Waals surface area contributed by atoms with E-state index in [0.717, 1.165) is 6.07 Å². The minimum Gasteiger partial charge on any atom is -0.396 e. The maximum absolute atomic E-state index is 13.0. The predicted molar refractivity (Wildman–Crippen MR) is 42.9 cm³/mol. The van der Waals surface area contributed by atoms with Crippen LogP contribution in [0, 0.1) is 17.1 Å². The number of alkyl halides is 2. The highest BCUT2D eigenvalue weighted by Crippen LogP contribution is 2.22. The van der Waals surface area contributed by atoms with Crippen LogP contribution in [0.5, 0.6) is 0 Å². The Morgan fingerprint density at radius 3 is 2.71 bits per heavy atom. The lowest BCUT2D eigenvalue weighted by Gasteiger charge is -2.05. The summed E-state index contributed by atoms with van der Waals surface area (Å²) in [6.07, 6.45) is -3.20. The van der Waals surface area contributed by atoms with E-state index in [1.807, 2.05) is 0 Å². The van der Waals surface area contributed by atoms with Crippen LogP contribution in [-0.4, -0.2) is 4.98 Å². The van der Waals surface area contributed by atoms with E-state index in [1.165, 1.54) is 0 Å². The number of hydrogen-bond acceptors (Lipinski definition) is 3. The van der Waals surface area contributed by atoms with Crippen molar-refractivity contribution in [3.63, 3.8) is 0 Å². The summed E-state index contributed by atoms with van der Waals surface area (Å²) >= 11 is 0. The maximum Gasteiger partial charge on any atom is 0.280 e. The Balaban J connectivity index is 3.22. The van der Waals surface area contributed by atoms with Gasteiger partial charge in [-0.1, -0.05) is 0 Å². The van der Waals surface area contributed by atoms with Crippen LogP contribution < -0.4 is 5.73 Å². The fourth-order valence-electron chi connectivity index (χ4n) is 0.930. The molecule has 1 aromatic heterocycles. The molecule has 1 heterocycles. The van der Waals surface area contributed by atoms with Crippen LogP contribution in [0.4, 0.5) is 18.9 Å². The molecule has 0 saturated heterocycles. The third kappa shape index (κ3) is 1.93. The first-order chi connectivity index (χ1) is 6.56. The van der Waals surface area contributed by atoms with Crippen molar-refractivity contribution in [2.45, 2.75) is 12.8 Å². The van der Waals surface area contributed by atoms with E-state index in [1.54, 1.807) is 6.07 Å². The Labute approximate surface area is 78.0 Å². The average molecular weight is 201 g/mol. The van der Waals surface area contributed by atoms with Crippen molar-refractivity contribution in [2.24, 2.45) is 0 Å². The topological polar surface area (TPSA) is 62.7 Å². The first-order valence-electron chi connectivity index (χ1n) is 3.66. The zero-order chi connectivity index (χ0) is 10.7. The first-order valence-corrected chi connectivity index (χ1v) is 3.66. The summed E-state index contributed by atoms with van der Waals surface area (Å²) in [5.41, 5.74) is 3.75. The Morgan fingerprint density at radius 2 is 2.21 bits per heavy atom. The van der Waals surface area contributed by atoms with Gasteiger partial charge in [0.2, 0.25) is 0 Å². The fourth-order valence-corrected chi connectivity index (χ4v) is 0.930. The van der Waals surface area contributed by atoms with Gasteiger partial charge in [-0.3, -0.25) is 0 Å². The number of nitrogens with zero attached hydrogens (tertiary/aromatic N) is 2. The lowest BCUT2D eigenvalue weighted by molar-refractivity contribution is 0.145. The normalized spacial score (nSPS) is 10.2. The second-order valence-electron chi connectivity index (χ2n) is 2.53. The summed E-state index contributed by atoms with van der Waals surface area (Å²) in [5, 5.41) is 8.28. The van der Waals surface area contributed by atoms with E-state index in [9.17, 15) is 13.2 Å². The Bertz CT molecular complexity index is 384. The summed E-state index contributed by atoms with van der Waals surface area (Å²) in [6.45, 7) is 0. The maximum atomic E-state index is 13.0. The lowest BCUT2D eigenvalue weighted by atomic mass is 10.2. The van der Waals surface area contributed by atoms with Gasteiger partial charge in [0.15, 0.2) is 5.82 Å². The fraction of sp³-hybridized carbons (Fsp3) is 0.250. The Morgan fingerprint density at radius 1 is 1.57 bits per heavy atom. The molecule has 2 N–H and O–H groups in total. The molecule has 0 bridgehead atoms. The summed E-state index contributed by atoms with van der Waals surface area (Å²) < 4.78 is 37.4. The number of nitrogens with two attached hydrogens (primary N) is 1. The van der Waals surface area contributed by atoms with Gasteiger partial charge in [0.05, 0.1) is 23.9 Å². The zero-order valence-electron chi connectivity index (χ0n) is 6.97. The van der Waals surface area contributed by atoms with Crippen molar-refractivity contribution in [3.05, 3.63) is 23.3 Å². The molecule has 0 aromatic carbocycles. The SMILES string of the molecule is N#CCc1nc(C(F)F)cc(N)c1F. The molecule has 1 aromatic rings. The molecule has 6 heteroatoms. The molecule has 0 unspecified atom stereocenters. The summed E-state index contributed by atoms with van der Waals surface area (Å²) in [7, 11) is 0. The van der Waals surface area contributed by atoms with E-state index in [2.05, 4.69) is 4.98 Å². The van der Waals surface area contributed by atoms with Gasteiger partial charge >= 0.3 is 0 Å². The molecular formula is C8H6F3N3. The van der Waals surface area contributed by atoms with Gasteiger partial charge in [0, 0.05) is 0 Å². The molecule has 0 aliphatic carbocycles. The summed E-state index contributed by atoms with van der Waals surface area (Å²) in [4.78, 5) is 3.29. The third-order valence-electron chi connectivity index (χ3n) is 1.54. The highest BCUT2D eigenvalue weighted by Gasteiger charge is 2.15. The smallest absolute Gasteiger partial charge is 0.280 e. The summed E-state index contributed by atoms with van der Waals surface area (Å²) in [5.74, 6) is -0.907. The van der Waals surface area contributed by atoms with Crippen molar-refractivity contribution in [2.75, 3.05) is 5.73 Å². The van der Waals surface area contributed by atoms with Crippen LogP contribution in [0.2, 0.25) is 0 Å². The summed E-state index contributed by atoms with van der Waals surface area (Å²) in [6, 6.07) is 2.38. The molecule has 0 spiro atoms. The van der Waals surface area contributed by atoms with Crippen molar-refractivity contribution < 1.29 is 13.2 Å². The number of nitriles is 1. The van der Waals surface area contributed by atoms with E-state index < -0.39 is 23.6 Å². The Hall–Kier alpha value is -1.77.